The monoisotopic (exact) mass is 381 g/mol. The molecule has 0 spiro atoms. The Balaban J connectivity index is 1.59. The van der Waals surface area contributed by atoms with Gasteiger partial charge in [-0.1, -0.05) is 42.1 Å². The first-order valence-corrected chi connectivity index (χ1v) is 10.2. The molecular formula is C20H19N3OS2. The van der Waals surface area contributed by atoms with Crippen molar-refractivity contribution in [3.05, 3.63) is 65.0 Å². The van der Waals surface area contributed by atoms with Gasteiger partial charge in [0.25, 0.3) is 5.91 Å². The van der Waals surface area contributed by atoms with Crippen LogP contribution in [0.4, 0.5) is 5.69 Å². The summed E-state index contributed by atoms with van der Waals surface area (Å²) < 4.78 is 1.11. The Bertz CT molecular complexity index is 978. The first-order chi connectivity index (χ1) is 12.5. The SMILES string of the molecule is CC1(c2cccc(NC(=O)c3cc4ccccc4s3)c2)CCSC(N)=N1. The molecule has 1 amide bonds. The maximum atomic E-state index is 12.7. The van der Waals surface area contributed by atoms with E-state index in [0.717, 1.165) is 33.5 Å². The van der Waals surface area contributed by atoms with Gasteiger partial charge in [-0.15, -0.1) is 11.3 Å². The van der Waals surface area contributed by atoms with Crippen molar-refractivity contribution in [1.82, 2.24) is 0 Å². The van der Waals surface area contributed by atoms with Gasteiger partial charge in [0.15, 0.2) is 5.17 Å². The molecule has 1 atom stereocenters. The Hall–Kier alpha value is -2.31. The van der Waals surface area contributed by atoms with Crippen LogP contribution >= 0.6 is 23.1 Å². The van der Waals surface area contributed by atoms with E-state index in [1.165, 1.54) is 11.3 Å². The minimum Gasteiger partial charge on any atom is -0.379 e. The quantitative estimate of drug-likeness (QED) is 0.683. The zero-order valence-corrected chi connectivity index (χ0v) is 16.0. The van der Waals surface area contributed by atoms with Crippen molar-refractivity contribution in [1.29, 1.82) is 0 Å². The normalized spacial score (nSPS) is 20.0. The highest BCUT2D eigenvalue weighted by molar-refractivity contribution is 8.13. The van der Waals surface area contributed by atoms with E-state index in [-0.39, 0.29) is 11.4 Å². The standard InChI is InChI=1S/C20H19N3OS2/c1-20(9-10-25-19(21)23-20)14-6-4-7-15(12-14)22-18(24)17-11-13-5-2-3-8-16(13)26-17/h2-8,11-12H,9-10H2,1H3,(H2,21,23)(H,22,24). The molecule has 2 aromatic carbocycles. The van der Waals surface area contributed by atoms with Crippen LogP contribution in [-0.2, 0) is 5.54 Å². The van der Waals surface area contributed by atoms with Gasteiger partial charge in [-0.25, -0.2) is 0 Å². The molecular weight excluding hydrogens is 362 g/mol. The van der Waals surface area contributed by atoms with E-state index in [0.29, 0.717) is 10.0 Å². The van der Waals surface area contributed by atoms with Gasteiger partial charge in [-0.05, 0) is 48.6 Å². The Morgan fingerprint density at radius 2 is 2.04 bits per heavy atom. The Kier molecular flexibility index (Phi) is 4.46. The van der Waals surface area contributed by atoms with E-state index in [9.17, 15) is 4.79 Å². The van der Waals surface area contributed by atoms with Crippen LogP contribution < -0.4 is 11.1 Å². The molecule has 0 radical (unpaired) electrons. The third-order valence-electron chi connectivity index (χ3n) is 4.59. The summed E-state index contributed by atoms with van der Waals surface area (Å²) in [5.74, 6) is 0.861. The highest BCUT2D eigenvalue weighted by atomic mass is 32.2. The Labute approximate surface area is 160 Å². The van der Waals surface area contributed by atoms with Crippen LogP contribution in [0.1, 0.15) is 28.6 Å². The van der Waals surface area contributed by atoms with Crippen LogP contribution in [0, 0.1) is 0 Å². The van der Waals surface area contributed by atoms with E-state index < -0.39 is 0 Å². The number of anilines is 1. The van der Waals surface area contributed by atoms with Crippen LogP contribution in [-0.4, -0.2) is 16.8 Å². The summed E-state index contributed by atoms with van der Waals surface area (Å²) in [4.78, 5) is 18.0. The zero-order valence-electron chi connectivity index (χ0n) is 14.4. The predicted molar refractivity (Wildman–Crippen MR) is 112 cm³/mol. The number of fused-ring (bicyclic) bond motifs is 1. The second-order valence-corrected chi connectivity index (χ2v) is 8.70. The van der Waals surface area contributed by atoms with Gasteiger partial charge in [0.05, 0.1) is 10.4 Å². The van der Waals surface area contributed by atoms with Crippen molar-refractivity contribution in [3.63, 3.8) is 0 Å². The summed E-state index contributed by atoms with van der Waals surface area (Å²) in [6.45, 7) is 2.09. The van der Waals surface area contributed by atoms with Crippen LogP contribution in [0.25, 0.3) is 10.1 Å². The molecule has 0 aliphatic carbocycles. The number of rotatable bonds is 3. The maximum absolute atomic E-state index is 12.7. The molecule has 4 rings (SSSR count). The molecule has 1 aliphatic rings. The molecule has 132 valence electrons. The summed E-state index contributed by atoms with van der Waals surface area (Å²) in [6.07, 6.45) is 0.923. The summed E-state index contributed by atoms with van der Waals surface area (Å²) in [5.41, 5.74) is 7.43. The lowest BCUT2D eigenvalue weighted by Gasteiger charge is -2.30. The molecule has 4 nitrogen and oxygen atoms in total. The van der Waals surface area contributed by atoms with Crippen molar-refractivity contribution in [3.8, 4) is 0 Å². The molecule has 1 aliphatic heterocycles. The van der Waals surface area contributed by atoms with Crippen LogP contribution in [0.15, 0.2) is 59.6 Å². The van der Waals surface area contributed by atoms with E-state index in [1.807, 2.05) is 54.6 Å². The summed E-state index contributed by atoms with van der Waals surface area (Å²) >= 11 is 3.09. The number of hydrogen-bond acceptors (Lipinski definition) is 5. The molecule has 0 saturated carbocycles. The molecule has 0 bridgehead atoms. The number of benzene rings is 2. The third kappa shape index (κ3) is 3.34. The summed E-state index contributed by atoms with van der Waals surface area (Å²) in [6, 6.07) is 17.9. The molecule has 1 aromatic heterocycles. The van der Waals surface area contributed by atoms with Gasteiger partial charge < -0.3 is 11.1 Å². The van der Waals surface area contributed by atoms with Gasteiger partial charge in [-0.3, -0.25) is 9.79 Å². The average Bonchev–Trinajstić information content (AvgIpc) is 3.06. The van der Waals surface area contributed by atoms with E-state index in [4.69, 9.17) is 5.73 Å². The number of carbonyl (C=O) groups is 1. The van der Waals surface area contributed by atoms with Crippen molar-refractivity contribution in [2.75, 3.05) is 11.1 Å². The van der Waals surface area contributed by atoms with Crippen molar-refractivity contribution in [2.45, 2.75) is 18.9 Å². The lowest BCUT2D eigenvalue weighted by atomic mass is 9.89. The van der Waals surface area contributed by atoms with Gasteiger partial charge in [-0.2, -0.15) is 0 Å². The van der Waals surface area contributed by atoms with Gasteiger partial charge in [0.1, 0.15) is 0 Å². The molecule has 26 heavy (non-hydrogen) atoms. The minimum absolute atomic E-state index is 0.0873. The molecule has 2 heterocycles. The molecule has 0 fully saturated rings. The number of amides is 1. The molecule has 6 heteroatoms. The number of amidine groups is 1. The number of nitrogens with two attached hydrogens (primary N) is 1. The van der Waals surface area contributed by atoms with Gasteiger partial charge >= 0.3 is 0 Å². The number of nitrogens with one attached hydrogen (secondary N) is 1. The van der Waals surface area contributed by atoms with E-state index in [1.54, 1.807) is 11.8 Å². The van der Waals surface area contributed by atoms with Crippen LogP contribution in [0.2, 0.25) is 0 Å². The highest BCUT2D eigenvalue weighted by Crippen LogP contribution is 2.36. The fraction of sp³-hybridized carbons (Fsp3) is 0.200. The van der Waals surface area contributed by atoms with Crippen LogP contribution in [0.3, 0.4) is 0 Å². The lowest BCUT2D eigenvalue weighted by molar-refractivity contribution is 0.103. The molecule has 3 N–H and O–H groups in total. The molecule has 3 aromatic rings. The highest BCUT2D eigenvalue weighted by Gasteiger charge is 2.29. The first-order valence-electron chi connectivity index (χ1n) is 8.42. The number of carbonyl (C=O) groups excluding carboxylic acids is 1. The number of nitrogens with zero attached hydrogens (tertiary/aromatic N) is 1. The predicted octanol–water partition coefficient (Wildman–Crippen LogP) is 4.82. The zero-order chi connectivity index (χ0) is 18.1. The largest absolute Gasteiger partial charge is 0.379 e. The number of hydrogen-bond donors (Lipinski definition) is 2. The summed E-state index contributed by atoms with van der Waals surface area (Å²) in [5, 5.41) is 4.73. The topological polar surface area (TPSA) is 67.5 Å². The van der Waals surface area contributed by atoms with Crippen LogP contribution in [0.5, 0.6) is 0 Å². The minimum atomic E-state index is -0.340. The summed E-state index contributed by atoms with van der Waals surface area (Å²) in [7, 11) is 0. The Morgan fingerprint density at radius 1 is 1.19 bits per heavy atom. The van der Waals surface area contributed by atoms with Crippen molar-refractivity contribution >= 4 is 49.9 Å². The van der Waals surface area contributed by atoms with Gasteiger partial charge in [0, 0.05) is 16.1 Å². The van der Waals surface area contributed by atoms with E-state index >= 15 is 0 Å². The van der Waals surface area contributed by atoms with Crippen molar-refractivity contribution in [2.24, 2.45) is 10.7 Å². The maximum Gasteiger partial charge on any atom is 0.265 e. The fourth-order valence-corrected chi connectivity index (χ4v) is 5.05. The van der Waals surface area contributed by atoms with Crippen molar-refractivity contribution < 1.29 is 4.79 Å². The number of thioether (sulfide) groups is 1. The third-order valence-corrected chi connectivity index (χ3v) is 6.50. The number of thiophene rings is 1. The number of aliphatic imine (C=N–C) groups is 1. The Morgan fingerprint density at radius 3 is 2.85 bits per heavy atom. The van der Waals surface area contributed by atoms with E-state index in [2.05, 4.69) is 17.2 Å². The molecule has 0 saturated heterocycles. The lowest BCUT2D eigenvalue weighted by Crippen LogP contribution is -2.28. The van der Waals surface area contributed by atoms with Gasteiger partial charge in [0.2, 0.25) is 0 Å². The second kappa shape index (κ2) is 6.78. The first kappa shape index (κ1) is 17.1. The smallest absolute Gasteiger partial charge is 0.265 e. The fourth-order valence-electron chi connectivity index (χ4n) is 3.11. The average molecular weight is 382 g/mol. The molecule has 1 unspecified atom stereocenters. The second-order valence-electron chi connectivity index (χ2n) is 6.51.